The number of benzene rings is 2. The highest BCUT2D eigenvalue weighted by atomic mass is 16.5. The molecule has 0 radical (unpaired) electrons. The standard InChI is InChI=1S/C14H12O3/c1-3-12(15)17-11-6-4-5-10-8-7-9(2)14(16)13(10)11/h3-8,16H,1H2,2H3. The number of phenolic OH excluding ortho intramolecular Hbond substituents is 1. The number of aromatic hydroxyl groups is 1. The molecular formula is C14H12O3. The van der Waals surface area contributed by atoms with E-state index < -0.39 is 5.97 Å². The maximum absolute atomic E-state index is 11.2. The Hall–Kier alpha value is -2.29. The highest BCUT2D eigenvalue weighted by Gasteiger charge is 2.10. The molecule has 0 amide bonds. The zero-order valence-corrected chi connectivity index (χ0v) is 9.43. The minimum Gasteiger partial charge on any atom is -0.507 e. The van der Waals surface area contributed by atoms with Crippen molar-refractivity contribution < 1.29 is 14.6 Å². The fraction of sp³-hybridized carbons (Fsp3) is 0.0714. The van der Waals surface area contributed by atoms with Crippen LogP contribution in [0.4, 0.5) is 0 Å². The number of esters is 1. The SMILES string of the molecule is C=CC(=O)Oc1cccc2ccc(C)c(O)c12. The molecule has 2 aromatic carbocycles. The molecule has 0 saturated heterocycles. The monoisotopic (exact) mass is 228 g/mol. The molecule has 0 aromatic heterocycles. The Morgan fingerprint density at radius 3 is 2.82 bits per heavy atom. The molecule has 0 aliphatic rings. The van der Waals surface area contributed by atoms with Gasteiger partial charge >= 0.3 is 5.97 Å². The molecule has 0 aliphatic carbocycles. The third-order valence-corrected chi connectivity index (χ3v) is 2.56. The van der Waals surface area contributed by atoms with Crippen LogP contribution in [0.5, 0.6) is 11.5 Å². The number of phenols is 1. The van der Waals surface area contributed by atoms with Crippen LogP contribution >= 0.6 is 0 Å². The first-order valence-corrected chi connectivity index (χ1v) is 5.19. The quantitative estimate of drug-likeness (QED) is 0.488. The molecule has 0 heterocycles. The molecule has 0 unspecified atom stereocenters. The van der Waals surface area contributed by atoms with E-state index in [0.29, 0.717) is 11.1 Å². The summed E-state index contributed by atoms with van der Waals surface area (Å²) in [5.74, 6) is -0.0676. The summed E-state index contributed by atoms with van der Waals surface area (Å²) in [6.45, 7) is 5.13. The molecule has 0 saturated carbocycles. The molecule has 1 N–H and O–H groups in total. The van der Waals surface area contributed by atoms with E-state index in [1.807, 2.05) is 18.2 Å². The lowest BCUT2D eigenvalue weighted by Gasteiger charge is -2.09. The second kappa shape index (κ2) is 4.29. The largest absolute Gasteiger partial charge is 0.507 e. The van der Waals surface area contributed by atoms with E-state index in [4.69, 9.17) is 4.74 Å². The zero-order chi connectivity index (χ0) is 12.4. The summed E-state index contributed by atoms with van der Waals surface area (Å²) in [5, 5.41) is 11.4. The fourth-order valence-corrected chi connectivity index (χ4v) is 1.67. The van der Waals surface area contributed by atoms with Gasteiger partial charge in [-0.15, -0.1) is 0 Å². The first-order valence-electron chi connectivity index (χ1n) is 5.19. The Balaban J connectivity index is 2.66. The van der Waals surface area contributed by atoms with Gasteiger partial charge in [0.05, 0.1) is 5.39 Å². The van der Waals surface area contributed by atoms with Gasteiger partial charge in [0, 0.05) is 6.08 Å². The van der Waals surface area contributed by atoms with Gasteiger partial charge in [0.2, 0.25) is 0 Å². The number of hydrogen-bond donors (Lipinski definition) is 1. The lowest BCUT2D eigenvalue weighted by molar-refractivity contribution is -0.128. The van der Waals surface area contributed by atoms with Crippen molar-refractivity contribution in [3.8, 4) is 11.5 Å². The van der Waals surface area contributed by atoms with E-state index in [1.54, 1.807) is 19.1 Å². The highest BCUT2D eigenvalue weighted by Crippen LogP contribution is 2.35. The minimum absolute atomic E-state index is 0.134. The van der Waals surface area contributed by atoms with Gasteiger partial charge < -0.3 is 9.84 Å². The number of ether oxygens (including phenoxy) is 1. The van der Waals surface area contributed by atoms with E-state index in [9.17, 15) is 9.90 Å². The molecule has 3 heteroatoms. The first-order chi connectivity index (χ1) is 8.13. The van der Waals surface area contributed by atoms with Gasteiger partial charge in [-0.2, -0.15) is 0 Å². The molecule has 0 aliphatic heterocycles. The average Bonchev–Trinajstić information content (AvgIpc) is 2.34. The van der Waals surface area contributed by atoms with Crippen molar-refractivity contribution in [2.75, 3.05) is 0 Å². The molecule has 17 heavy (non-hydrogen) atoms. The Kier molecular flexibility index (Phi) is 2.83. The lowest BCUT2D eigenvalue weighted by atomic mass is 10.1. The molecule has 0 fully saturated rings. The number of carbonyl (C=O) groups excluding carboxylic acids is 1. The Bertz CT molecular complexity index is 600. The maximum atomic E-state index is 11.2. The van der Waals surface area contributed by atoms with Gasteiger partial charge in [-0.05, 0) is 23.9 Å². The zero-order valence-electron chi connectivity index (χ0n) is 9.43. The van der Waals surface area contributed by atoms with Crippen molar-refractivity contribution in [1.29, 1.82) is 0 Å². The third kappa shape index (κ3) is 1.99. The van der Waals surface area contributed by atoms with Crippen molar-refractivity contribution >= 4 is 16.7 Å². The van der Waals surface area contributed by atoms with Crippen LogP contribution in [0.25, 0.3) is 10.8 Å². The summed E-state index contributed by atoms with van der Waals surface area (Å²) in [5.41, 5.74) is 0.736. The molecular weight excluding hydrogens is 216 g/mol. The first kappa shape index (κ1) is 11.2. The van der Waals surface area contributed by atoms with Crippen LogP contribution in [-0.2, 0) is 4.79 Å². The van der Waals surface area contributed by atoms with E-state index in [1.165, 1.54) is 0 Å². The molecule has 3 nitrogen and oxygen atoms in total. The second-order valence-electron chi connectivity index (χ2n) is 3.71. The van der Waals surface area contributed by atoms with Crippen LogP contribution in [0.15, 0.2) is 43.0 Å². The molecule has 0 spiro atoms. The number of hydrogen-bond acceptors (Lipinski definition) is 3. The van der Waals surface area contributed by atoms with Crippen LogP contribution in [0, 0.1) is 6.92 Å². The van der Waals surface area contributed by atoms with Crippen LogP contribution in [0.1, 0.15) is 5.56 Å². The predicted octanol–water partition coefficient (Wildman–Crippen LogP) is 2.95. The summed E-state index contributed by atoms with van der Waals surface area (Å²) < 4.78 is 5.10. The van der Waals surface area contributed by atoms with Crippen molar-refractivity contribution in [2.24, 2.45) is 0 Å². The predicted molar refractivity (Wildman–Crippen MR) is 66.2 cm³/mol. The summed E-state index contributed by atoms with van der Waals surface area (Å²) in [6, 6.07) is 8.94. The fourth-order valence-electron chi connectivity index (χ4n) is 1.67. The van der Waals surface area contributed by atoms with Gasteiger partial charge in [-0.25, -0.2) is 4.79 Å². The van der Waals surface area contributed by atoms with Crippen LogP contribution < -0.4 is 4.74 Å². The van der Waals surface area contributed by atoms with Crippen molar-refractivity contribution in [1.82, 2.24) is 0 Å². The third-order valence-electron chi connectivity index (χ3n) is 2.56. The number of aryl methyl sites for hydroxylation is 1. The van der Waals surface area contributed by atoms with E-state index in [2.05, 4.69) is 6.58 Å². The summed E-state index contributed by atoms with van der Waals surface area (Å²) in [4.78, 5) is 11.2. The van der Waals surface area contributed by atoms with Gasteiger partial charge in [0.15, 0.2) is 0 Å². The summed E-state index contributed by atoms with van der Waals surface area (Å²) in [6.07, 6.45) is 1.09. The van der Waals surface area contributed by atoms with Gasteiger partial charge in [0.1, 0.15) is 11.5 Å². The Morgan fingerprint density at radius 2 is 2.12 bits per heavy atom. The average molecular weight is 228 g/mol. The van der Waals surface area contributed by atoms with E-state index in [0.717, 1.165) is 17.0 Å². The smallest absolute Gasteiger partial charge is 0.335 e. The molecule has 0 atom stereocenters. The van der Waals surface area contributed by atoms with Gasteiger partial charge in [-0.1, -0.05) is 30.8 Å². The van der Waals surface area contributed by atoms with Gasteiger partial charge in [-0.3, -0.25) is 0 Å². The number of rotatable bonds is 2. The topological polar surface area (TPSA) is 46.5 Å². The van der Waals surface area contributed by atoms with Crippen molar-refractivity contribution in [3.05, 3.63) is 48.6 Å². The normalized spacial score (nSPS) is 10.2. The molecule has 86 valence electrons. The Labute approximate surface area is 99.0 Å². The molecule has 2 aromatic rings. The Morgan fingerprint density at radius 1 is 1.35 bits per heavy atom. The summed E-state index contributed by atoms with van der Waals surface area (Å²) in [7, 11) is 0. The maximum Gasteiger partial charge on any atom is 0.335 e. The van der Waals surface area contributed by atoms with Crippen LogP contribution in [-0.4, -0.2) is 11.1 Å². The van der Waals surface area contributed by atoms with Gasteiger partial charge in [0.25, 0.3) is 0 Å². The summed E-state index contributed by atoms with van der Waals surface area (Å²) >= 11 is 0. The van der Waals surface area contributed by atoms with Crippen molar-refractivity contribution in [2.45, 2.75) is 6.92 Å². The van der Waals surface area contributed by atoms with E-state index >= 15 is 0 Å². The lowest BCUT2D eigenvalue weighted by Crippen LogP contribution is -2.03. The second-order valence-corrected chi connectivity index (χ2v) is 3.71. The van der Waals surface area contributed by atoms with Crippen molar-refractivity contribution in [3.63, 3.8) is 0 Å². The molecule has 0 bridgehead atoms. The van der Waals surface area contributed by atoms with Crippen LogP contribution in [0.3, 0.4) is 0 Å². The highest BCUT2D eigenvalue weighted by molar-refractivity contribution is 5.96. The molecule has 2 rings (SSSR count). The minimum atomic E-state index is -0.543. The van der Waals surface area contributed by atoms with Crippen LogP contribution in [0.2, 0.25) is 0 Å². The number of fused-ring (bicyclic) bond motifs is 1. The van der Waals surface area contributed by atoms with E-state index in [-0.39, 0.29) is 5.75 Å². The number of carbonyl (C=O) groups is 1.